The lowest BCUT2D eigenvalue weighted by Gasteiger charge is -2.33. The van der Waals surface area contributed by atoms with Crippen molar-refractivity contribution in [2.75, 3.05) is 13.1 Å². The quantitative estimate of drug-likeness (QED) is 0.387. The first kappa shape index (κ1) is 25.1. The van der Waals surface area contributed by atoms with Gasteiger partial charge in [-0.25, -0.2) is 0 Å². The van der Waals surface area contributed by atoms with Crippen LogP contribution in [-0.4, -0.2) is 35.8 Å². The lowest BCUT2D eigenvalue weighted by atomic mass is 9.85. The van der Waals surface area contributed by atoms with E-state index in [1.54, 1.807) is 0 Å². The highest BCUT2D eigenvalue weighted by Gasteiger charge is 2.37. The minimum absolute atomic E-state index is 0.0417. The number of carbonyl (C=O) groups excluding carboxylic acids is 2. The SMILES string of the molecule is NC(N)=NC(=O)c1ccc(C2CCN(C(=O)c3cccc(C(F)(F)F)c3)CC2)c(C(F)(F)F)c1. The van der Waals surface area contributed by atoms with E-state index in [1.807, 2.05) is 0 Å². The van der Waals surface area contributed by atoms with Crippen LogP contribution in [0.15, 0.2) is 47.5 Å². The van der Waals surface area contributed by atoms with E-state index in [9.17, 15) is 35.9 Å². The van der Waals surface area contributed by atoms with Crippen molar-refractivity contribution in [2.24, 2.45) is 16.5 Å². The van der Waals surface area contributed by atoms with Gasteiger partial charge in [-0.05, 0) is 54.7 Å². The van der Waals surface area contributed by atoms with E-state index in [1.165, 1.54) is 23.1 Å². The maximum Gasteiger partial charge on any atom is 0.416 e. The Morgan fingerprint density at radius 1 is 0.882 bits per heavy atom. The zero-order valence-electron chi connectivity index (χ0n) is 17.6. The number of likely N-dealkylation sites (tertiary alicyclic amines) is 1. The van der Waals surface area contributed by atoms with Gasteiger partial charge in [0.15, 0.2) is 5.96 Å². The van der Waals surface area contributed by atoms with Gasteiger partial charge < -0.3 is 16.4 Å². The van der Waals surface area contributed by atoms with Crippen LogP contribution in [0.1, 0.15) is 56.2 Å². The second-order valence-electron chi connectivity index (χ2n) is 7.79. The smallest absolute Gasteiger partial charge is 0.370 e. The molecular weight excluding hydrogens is 466 g/mol. The number of halogens is 6. The number of guanidine groups is 1. The second-order valence-corrected chi connectivity index (χ2v) is 7.79. The van der Waals surface area contributed by atoms with Crippen molar-refractivity contribution >= 4 is 17.8 Å². The molecule has 1 aliphatic rings. The number of carbonyl (C=O) groups is 2. The Morgan fingerprint density at radius 3 is 2.09 bits per heavy atom. The van der Waals surface area contributed by atoms with Gasteiger partial charge in [0.05, 0.1) is 11.1 Å². The number of hydrogen-bond acceptors (Lipinski definition) is 2. The molecule has 1 saturated heterocycles. The zero-order chi connectivity index (χ0) is 25.3. The molecule has 0 atom stereocenters. The first-order valence-electron chi connectivity index (χ1n) is 10.1. The summed E-state index contributed by atoms with van der Waals surface area (Å²) in [4.78, 5) is 29.2. The van der Waals surface area contributed by atoms with Crippen LogP contribution in [0.25, 0.3) is 0 Å². The minimum Gasteiger partial charge on any atom is -0.370 e. The Morgan fingerprint density at radius 2 is 1.53 bits per heavy atom. The van der Waals surface area contributed by atoms with Crippen LogP contribution >= 0.6 is 0 Å². The first-order chi connectivity index (χ1) is 15.8. The normalized spacial score (nSPS) is 15.2. The molecule has 1 aliphatic heterocycles. The molecule has 34 heavy (non-hydrogen) atoms. The summed E-state index contributed by atoms with van der Waals surface area (Å²) in [5.41, 5.74) is 7.73. The monoisotopic (exact) mass is 486 g/mol. The summed E-state index contributed by atoms with van der Waals surface area (Å²) in [6, 6.07) is 7.06. The van der Waals surface area contributed by atoms with Crippen molar-refractivity contribution in [3.8, 4) is 0 Å². The molecule has 2 aromatic rings. The number of amides is 2. The summed E-state index contributed by atoms with van der Waals surface area (Å²) in [5, 5.41) is 0. The van der Waals surface area contributed by atoms with Crippen molar-refractivity contribution in [3.05, 3.63) is 70.3 Å². The molecule has 2 amide bonds. The predicted molar refractivity (Wildman–Crippen MR) is 111 cm³/mol. The van der Waals surface area contributed by atoms with Crippen molar-refractivity contribution in [2.45, 2.75) is 31.1 Å². The number of aliphatic imine (C=N–C) groups is 1. The largest absolute Gasteiger partial charge is 0.416 e. The second kappa shape index (κ2) is 9.35. The fourth-order valence-corrected chi connectivity index (χ4v) is 3.88. The van der Waals surface area contributed by atoms with Crippen molar-refractivity contribution in [1.29, 1.82) is 0 Å². The van der Waals surface area contributed by atoms with Gasteiger partial charge in [-0.3, -0.25) is 9.59 Å². The van der Waals surface area contributed by atoms with Crippen molar-refractivity contribution in [1.82, 2.24) is 4.90 Å². The van der Waals surface area contributed by atoms with Gasteiger partial charge in [0.1, 0.15) is 0 Å². The molecule has 1 heterocycles. The molecule has 0 bridgehead atoms. The van der Waals surface area contributed by atoms with Gasteiger partial charge in [0.2, 0.25) is 0 Å². The Hall–Kier alpha value is -3.57. The average Bonchev–Trinajstić information content (AvgIpc) is 2.77. The van der Waals surface area contributed by atoms with Gasteiger partial charge in [-0.2, -0.15) is 31.3 Å². The fourth-order valence-electron chi connectivity index (χ4n) is 3.88. The first-order valence-corrected chi connectivity index (χ1v) is 10.1. The molecule has 0 aliphatic carbocycles. The highest BCUT2D eigenvalue weighted by Crippen LogP contribution is 2.39. The van der Waals surface area contributed by atoms with E-state index in [2.05, 4.69) is 4.99 Å². The summed E-state index contributed by atoms with van der Waals surface area (Å²) >= 11 is 0. The van der Waals surface area contributed by atoms with Crippen LogP contribution < -0.4 is 11.5 Å². The van der Waals surface area contributed by atoms with E-state index in [4.69, 9.17) is 11.5 Å². The highest BCUT2D eigenvalue weighted by atomic mass is 19.4. The molecular formula is C22H20F6N4O2. The van der Waals surface area contributed by atoms with Crippen LogP contribution in [0.4, 0.5) is 26.3 Å². The molecule has 0 unspecified atom stereocenters. The fraction of sp³-hybridized carbons (Fsp3) is 0.318. The Balaban J connectivity index is 1.79. The number of alkyl halides is 6. The van der Waals surface area contributed by atoms with Gasteiger partial charge in [0.25, 0.3) is 11.8 Å². The molecule has 182 valence electrons. The van der Waals surface area contributed by atoms with E-state index >= 15 is 0 Å². The molecule has 6 nitrogen and oxygen atoms in total. The lowest BCUT2D eigenvalue weighted by molar-refractivity contribution is -0.139. The van der Waals surface area contributed by atoms with Gasteiger partial charge in [-0.1, -0.05) is 12.1 Å². The summed E-state index contributed by atoms with van der Waals surface area (Å²) in [5.74, 6) is -2.80. The van der Waals surface area contributed by atoms with Crippen LogP contribution in [-0.2, 0) is 12.4 Å². The molecule has 0 saturated carbocycles. The Bertz CT molecular complexity index is 1120. The number of nitrogens with zero attached hydrogens (tertiary/aromatic N) is 2. The van der Waals surface area contributed by atoms with Crippen LogP contribution in [0.3, 0.4) is 0 Å². The Labute approximate surface area is 190 Å². The highest BCUT2D eigenvalue weighted by molar-refractivity contribution is 6.02. The van der Waals surface area contributed by atoms with E-state index in [0.717, 1.165) is 18.2 Å². The summed E-state index contributed by atoms with van der Waals surface area (Å²) in [6.45, 7) is 0.122. The molecule has 0 aromatic heterocycles. The van der Waals surface area contributed by atoms with Crippen LogP contribution in [0.5, 0.6) is 0 Å². The molecule has 12 heteroatoms. The third kappa shape index (κ3) is 5.67. The predicted octanol–water partition coefficient (Wildman–Crippen LogP) is 4.16. The van der Waals surface area contributed by atoms with Gasteiger partial charge in [0, 0.05) is 24.2 Å². The van der Waals surface area contributed by atoms with Gasteiger partial charge in [-0.15, -0.1) is 0 Å². The summed E-state index contributed by atoms with van der Waals surface area (Å²) in [7, 11) is 0. The van der Waals surface area contributed by atoms with Crippen molar-refractivity contribution in [3.63, 3.8) is 0 Å². The molecule has 1 fully saturated rings. The Kier molecular flexibility index (Phi) is 6.89. The zero-order valence-corrected chi connectivity index (χ0v) is 17.6. The number of piperidine rings is 1. The van der Waals surface area contributed by atoms with Crippen molar-refractivity contribution < 1.29 is 35.9 Å². The van der Waals surface area contributed by atoms with Gasteiger partial charge >= 0.3 is 12.4 Å². The topological polar surface area (TPSA) is 102 Å². The standard InChI is InChI=1S/C22H20F6N4O2/c23-21(24,25)15-3-1-2-14(10-15)19(34)32-8-6-12(7-9-32)16-5-4-13(18(33)31-20(29)30)11-17(16)22(26,27)28/h1-5,10-12H,6-9H2,(H4,29,30,31,33). The molecule has 2 aromatic carbocycles. The third-order valence-electron chi connectivity index (χ3n) is 5.50. The number of benzene rings is 2. The maximum absolute atomic E-state index is 13.7. The van der Waals surface area contributed by atoms with E-state index in [0.29, 0.717) is 6.07 Å². The molecule has 0 spiro atoms. The lowest BCUT2D eigenvalue weighted by Crippen LogP contribution is -2.38. The van der Waals surface area contributed by atoms with Crippen LogP contribution in [0.2, 0.25) is 0 Å². The minimum atomic E-state index is -4.76. The number of nitrogens with two attached hydrogens (primary N) is 2. The molecule has 4 N–H and O–H groups in total. The molecule has 3 rings (SSSR count). The maximum atomic E-state index is 13.7. The average molecular weight is 486 g/mol. The number of hydrogen-bond donors (Lipinski definition) is 2. The molecule has 0 radical (unpaired) electrons. The van der Waals surface area contributed by atoms with Crippen LogP contribution in [0, 0.1) is 0 Å². The van der Waals surface area contributed by atoms with E-state index < -0.39 is 47.2 Å². The summed E-state index contributed by atoms with van der Waals surface area (Å²) in [6.07, 6.45) is -9.04. The summed E-state index contributed by atoms with van der Waals surface area (Å²) < 4.78 is 79.9. The van der Waals surface area contributed by atoms with E-state index in [-0.39, 0.29) is 42.6 Å². The third-order valence-corrected chi connectivity index (χ3v) is 5.50. The number of rotatable bonds is 3.